The molecule has 0 radical (unpaired) electrons. The van der Waals surface area contributed by atoms with Crippen LogP contribution < -0.4 is 5.01 Å². The third-order valence-electron chi connectivity index (χ3n) is 2.10. The lowest BCUT2D eigenvalue weighted by molar-refractivity contribution is 0.976. The second-order valence-corrected chi connectivity index (χ2v) is 3.27. The monoisotopic (exact) mass is 222 g/mol. The molecule has 0 aliphatic heterocycles. The second-order valence-electron chi connectivity index (χ2n) is 3.27. The van der Waals surface area contributed by atoms with Crippen LogP contribution in [0.2, 0.25) is 0 Å². The number of hydrogen-bond donors (Lipinski definition) is 0. The van der Waals surface area contributed by atoms with E-state index >= 15 is 0 Å². The Bertz CT molecular complexity index is 528. The Morgan fingerprint density at radius 2 is 1.47 bits per heavy atom. The smallest absolute Gasteiger partial charge is 0.170 e. The van der Waals surface area contributed by atoms with Gasteiger partial charge in [0.25, 0.3) is 0 Å². The summed E-state index contributed by atoms with van der Waals surface area (Å²) < 4.78 is 0. The molecule has 0 aliphatic carbocycles. The molecule has 4 nitrogen and oxygen atoms in total. The van der Waals surface area contributed by atoms with Crippen LogP contribution in [0.5, 0.6) is 0 Å². The van der Waals surface area contributed by atoms with Gasteiger partial charge in [-0.05, 0) is 24.3 Å². The molecule has 2 aromatic rings. The summed E-state index contributed by atoms with van der Waals surface area (Å²) in [4.78, 5) is 0. The predicted molar refractivity (Wildman–Crippen MR) is 65.5 cm³/mol. The molecule has 0 N–H and O–H groups in total. The third kappa shape index (κ3) is 2.89. The maximum Gasteiger partial charge on any atom is 0.208 e. The Kier molecular flexibility index (Phi) is 3.46. The highest BCUT2D eigenvalue weighted by Crippen LogP contribution is 2.16. The fourth-order valence-electron chi connectivity index (χ4n) is 1.29. The van der Waals surface area contributed by atoms with Gasteiger partial charge in [0.2, 0.25) is 6.19 Å². The first-order valence-electron chi connectivity index (χ1n) is 5.12. The minimum atomic E-state index is 0.690. The lowest BCUT2D eigenvalue weighted by Crippen LogP contribution is -2.05. The van der Waals surface area contributed by atoms with Gasteiger partial charge in [0.15, 0.2) is 0 Å². The minimum absolute atomic E-state index is 0.690. The molecule has 0 fully saturated rings. The van der Waals surface area contributed by atoms with Crippen LogP contribution in [0.4, 0.5) is 11.4 Å². The van der Waals surface area contributed by atoms with Gasteiger partial charge in [-0.2, -0.15) is 5.26 Å². The standard InChI is InChI=1S/C13H10N4/c14-11-17(13-9-5-2-6-10-13)16-15-12-7-3-1-4-8-12/h1-10H. The lowest BCUT2D eigenvalue weighted by atomic mass is 10.3. The van der Waals surface area contributed by atoms with Gasteiger partial charge >= 0.3 is 0 Å². The quantitative estimate of drug-likeness (QED) is 0.344. The van der Waals surface area contributed by atoms with Crippen molar-refractivity contribution in [2.24, 2.45) is 10.3 Å². The first kappa shape index (κ1) is 10.8. The van der Waals surface area contributed by atoms with Crippen LogP contribution in [0.15, 0.2) is 71.0 Å². The molecule has 2 rings (SSSR count). The third-order valence-corrected chi connectivity index (χ3v) is 2.10. The van der Waals surface area contributed by atoms with Crippen molar-refractivity contribution >= 4 is 11.4 Å². The zero-order valence-corrected chi connectivity index (χ0v) is 9.06. The molecule has 0 aliphatic rings. The highest BCUT2D eigenvalue weighted by atomic mass is 15.5. The number of hydrogen-bond acceptors (Lipinski definition) is 3. The summed E-state index contributed by atoms with van der Waals surface area (Å²) in [7, 11) is 0. The molecular formula is C13H10N4. The molecular weight excluding hydrogens is 212 g/mol. The number of anilines is 1. The van der Waals surface area contributed by atoms with Gasteiger partial charge in [-0.1, -0.05) is 41.6 Å². The second kappa shape index (κ2) is 5.42. The summed E-state index contributed by atoms with van der Waals surface area (Å²) in [6.45, 7) is 0. The maximum absolute atomic E-state index is 8.98. The van der Waals surface area contributed by atoms with E-state index < -0.39 is 0 Å². The maximum atomic E-state index is 8.98. The fraction of sp³-hybridized carbons (Fsp3) is 0. The molecule has 0 unspecified atom stereocenters. The molecule has 0 spiro atoms. The van der Waals surface area contributed by atoms with Crippen molar-refractivity contribution < 1.29 is 0 Å². The molecule has 0 heterocycles. The minimum Gasteiger partial charge on any atom is -0.170 e. The highest BCUT2D eigenvalue weighted by Gasteiger charge is 2.01. The van der Waals surface area contributed by atoms with E-state index in [9.17, 15) is 0 Å². The van der Waals surface area contributed by atoms with Gasteiger partial charge in [0.05, 0.1) is 11.4 Å². The van der Waals surface area contributed by atoms with Gasteiger partial charge in [0, 0.05) is 0 Å². The van der Waals surface area contributed by atoms with Crippen LogP contribution in [-0.2, 0) is 0 Å². The van der Waals surface area contributed by atoms with Crippen LogP contribution in [0.1, 0.15) is 0 Å². The van der Waals surface area contributed by atoms with Crippen molar-refractivity contribution in [3.63, 3.8) is 0 Å². The Morgan fingerprint density at radius 1 is 0.882 bits per heavy atom. The Balaban J connectivity index is 2.17. The average molecular weight is 222 g/mol. The lowest BCUT2D eigenvalue weighted by Gasteiger charge is -2.06. The molecule has 17 heavy (non-hydrogen) atoms. The molecule has 0 amide bonds. The fourth-order valence-corrected chi connectivity index (χ4v) is 1.29. The van der Waals surface area contributed by atoms with E-state index in [1.54, 1.807) is 12.1 Å². The Hall–Kier alpha value is -2.67. The summed E-state index contributed by atoms with van der Waals surface area (Å²) in [6, 6.07) is 18.5. The van der Waals surface area contributed by atoms with E-state index in [0.29, 0.717) is 11.4 Å². The molecule has 0 atom stereocenters. The van der Waals surface area contributed by atoms with Gasteiger partial charge in [-0.3, -0.25) is 0 Å². The van der Waals surface area contributed by atoms with E-state index in [4.69, 9.17) is 5.26 Å². The molecule has 0 aromatic heterocycles. The normalized spacial score (nSPS) is 10.1. The summed E-state index contributed by atoms with van der Waals surface area (Å²) >= 11 is 0. The van der Waals surface area contributed by atoms with Crippen LogP contribution >= 0.6 is 0 Å². The van der Waals surface area contributed by atoms with Crippen LogP contribution in [0.3, 0.4) is 0 Å². The van der Waals surface area contributed by atoms with Crippen LogP contribution in [-0.4, -0.2) is 0 Å². The van der Waals surface area contributed by atoms with Crippen molar-refractivity contribution in [3.8, 4) is 6.19 Å². The summed E-state index contributed by atoms with van der Waals surface area (Å²) in [5, 5.41) is 18.0. The molecule has 0 bridgehead atoms. The molecule has 4 heteroatoms. The summed E-state index contributed by atoms with van der Waals surface area (Å²) in [5.74, 6) is 0. The van der Waals surface area contributed by atoms with Crippen LogP contribution in [0.25, 0.3) is 0 Å². The highest BCUT2D eigenvalue weighted by molar-refractivity contribution is 5.48. The van der Waals surface area contributed by atoms with Gasteiger partial charge in [0.1, 0.15) is 0 Å². The number of nitriles is 1. The number of rotatable bonds is 3. The van der Waals surface area contributed by atoms with Gasteiger partial charge < -0.3 is 0 Å². The molecule has 82 valence electrons. The van der Waals surface area contributed by atoms with Gasteiger partial charge in [-0.25, -0.2) is 0 Å². The van der Waals surface area contributed by atoms with Crippen molar-refractivity contribution in [3.05, 3.63) is 60.7 Å². The van der Waals surface area contributed by atoms with Gasteiger partial charge in [-0.15, -0.1) is 10.1 Å². The summed E-state index contributed by atoms with van der Waals surface area (Å²) in [5.41, 5.74) is 1.40. The van der Waals surface area contributed by atoms with Crippen molar-refractivity contribution in [1.29, 1.82) is 5.26 Å². The van der Waals surface area contributed by atoms with Crippen molar-refractivity contribution in [2.45, 2.75) is 0 Å². The predicted octanol–water partition coefficient (Wildman–Crippen LogP) is 3.67. The largest absolute Gasteiger partial charge is 0.208 e. The summed E-state index contributed by atoms with van der Waals surface area (Å²) in [6.07, 6.45) is 1.96. The molecule has 0 saturated heterocycles. The van der Waals surface area contributed by atoms with Crippen molar-refractivity contribution in [1.82, 2.24) is 0 Å². The number of para-hydroxylation sites is 1. The van der Waals surface area contributed by atoms with Crippen LogP contribution in [0, 0.1) is 11.5 Å². The number of benzene rings is 2. The SMILES string of the molecule is N#CN(N=Nc1ccccc1)c1ccccc1. The molecule has 0 saturated carbocycles. The molecule has 2 aromatic carbocycles. The zero-order chi connectivity index (χ0) is 11.9. The Morgan fingerprint density at radius 3 is 2.06 bits per heavy atom. The average Bonchev–Trinajstić information content (AvgIpc) is 2.42. The topological polar surface area (TPSA) is 51.8 Å². The number of nitrogens with zero attached hydrogens (tertiary/aromatic N) is 4. The van der Waals surface area contributed by atoms with E-state index in [2.05, 4.69) is 10.3 Å². The Labute approximate surface area is 99.4 Å². The first-order chi connectivity index (χ1) is 8.40. The van der Waals surface area contributed by atoms with E-state index in [0.717, 1.165) is 0 Å². The zero-order valence-electron chi connectivity index (χ0n) is 9.06. The van der Waals surface area contributed by atoms with Crippen molar-refractivity contribution in [2.75, 3.05) is 5.01 Å². The van der Waals surface area contributed by atoms with E-state index in [1.807, 2.05) is 54.7 Å². The van der Waals surface area contributed by atoms with E-state index in [1.165, 1.54) is 5.01 Å². The van der Waals surface area contributed by atoms with E-state index in [-0.39, 0.29) is 0 Å². The first-order valence-corrected chi connectivity index (χ1v) is 5.12.